The van der Waals surface area contributed by atoms with E-state index in [4.69, 9.17) is 17.0 Å². The van der Waals surface area contributed by atoms with E-state index in [-0.39, 0.29) is 5.17 Å². The van der Waals surface area contributed by atoms with Crippen LogP contribution in [0, 0.1) is 9.11 Å². The Kier molecular flexibility index (Phi) is 6.80. The van der Waals surface area contributed by atoms with E-state index in [0.29, 0.717) is 18.1 Å². The maximum atomic E-state index is 7.34. The minimum absolute atomic E-state index is 0.0323. The molecule has 1 aromatic heterocycles. The molecule has 4 nitrogen and oxygen atoms in total. The van der Waals surface area contributed by atoms with Gasteiger partial charge in [0.2, 0.25) is 0 Å². The number of aromatic amines is 1. The molecule has 0 bridgehead atoms. The van der Waals surface area contributed by atoms with Crippen LogP contribution in [0.3, 0.4) is 0 Å². The van der Waals surface area contributed by atoms with Crippen molar-refractivity contribution in [3.63, 3.8) is 0 Å². The summed E-state index contributed by atoms with van der Waals surface area (Å²) in [5.41, 5.74) is 0.714. The Labute approximate surface area is 129 Å². The second-order valence-electron chi connectivity index (χ2n) is 3.30. The number of H-pyrrole nitrogens is 1. The van der Waals surface area contributed by atoms with Gasteiger partial charge in [0.15, 0.2) is 5.82 Å². The number of imidazole rings is 1. The summed E-state index contributed by atoms with van der Waals surface area (Å²) in [7, 11) is 0. The Balaban J connectivity index is 2.84. The van der Waals surface area contributed by atoms with Crippen LogP contribution in [0.2, 0.25) is 0 Å². The van der Waals surface area contributed by atoms with Gasteiger partial charge in [0.05, 0.1) is 15.6 Å². The largest absolute Gasteiger partial charge is 0.377 e. The van der Waals surface area contributed by atoms with Crippen molar-refractivity contribution >= 4 is 56.8 Å². The number of nitrogens with one attached hydrogen (secondary N) is 3. The molecule has 98 valence electrons. The molecule has 0 aromatic carbocycles. The molecular formula is C11H14ClIN4S. The highest BCUT2D eigenvalue weighted by atomic mass is 127. The van der Waals surface area contributed by atoms with Gasteiger partial charge in [-0.2, -0.15) is 0 Å². The van der Waals surface area contributed by atoms with Gasteiger partial charge >= 0.3 is 0 Å². The van der Waals surface area contributed by atoms with Gasteiger partial charge in [-0.15, -0.1) is 11.8 Å². The van der Waals surface area contributed by atoms with Crippen molar-refractivity contribution in [2.24, 2.45) is 0 Å². The van der Waals surface area contributed by atoms with E-state index in [9.17, 15) is 0 Å². The number of hydrogen-bond donors (Lipinski definition) is 3. The van der Waals surface area contributed by atoms with E-state index in [2.05, 4.69) is 37.9 Å². The molecule has 0 aliphatic carbocycles. The average molecular weight is 397 g/mol. The molecule has 1 rings (SSSR count). The fourth-order valence-electron chi connectivity index (χ4n) is 1.24. The van der Waals surface area contributed by atoms with Crippen LogP contribution in [0.1, 0.15) is 12.7 Å². The topological polar surface area (TPSA) is 64.6 Å². The number of nitrogens with zero attached hydrogens (tertiary/aromatic N) is 1. The summed E-state index contributed by atoms with van der Waals surface area (Å²) in [5.74, 6) is 0.682. The molecule has 7 heteroatoms. The summed E-state index contributed by atoms with van der Waals surface area (Å²) in [4.78, 5) is 8.54. The quantitative estimate of drug-likeness (QED) is 0.510. The van der Waals surface area contributed by atoms with Crippen LogP contribution in [-0.4, -0.2) is 27.9 Å². The van der Waals surface area contributed by atoms with Gasteiger partial charge in [0, 0.05) is 12.6 Å². The lowest BCUT2D eigenvalue weighted by Gasteiger charge is -2.10. The zero-order chi connectivity index (χ0) is 13.5. The zero-order valence-electron chi connectivity index (χ0n) is 10.1. The maximum absolute atomic E-state index is 7.34. The molecule has 0 saturated heterocycles. The minimum Gasteiger partial charge on any atom is -0.377 e. The average Bonchev–Trinajstić information content (AvgIpc) is 2.75. The van der Waals surface area contributed by atoms with Crippen LogP contribution in [0.25, 0.3) is 5.70 Å². The molecule has 0 aliphatic rings. The van der Waals surface area contributed by atoms with Gasteiger partial charge < -0.3 is 10.3 Å². The number of aromatic nitrogens is 2. The fourth-order valence-corrected chi connectivity index (χ4v) is 2.20. The molecule has 0 spiro atoms. The molecule has 0 fully saturated rings. The molecule has 0 aliphatic heterocycles. The summed E-state index contributed by atoms with van der Waals surface area (Å²) >= 11 is 9.45. The summed E-state index contributed by atoms with van der Waals surface area (Å²) in [6, 6.07) is 0. The minimum atomic E-state index is -0.0323. The van der Waals surface area contributed by atoms with Gasteiger partial charge in [0.25, 0.3) is 0 Å². The third-order valence-corrected chi connectivity index (χ3v) is 3.67. The smallest absolute Gasteiger partial charge is 0.154 e. The number of allylic oxidation sites excluding steroid dienone is 2. The van der Waals surface area contributed by atoms with Gasteiger partial charge in [-0.25, -0.2) is 4.98 Å². The monoisotopic (exact) mass is 396 g/mol. The maximum Gasteiger partial charge on any atom is 0.154 e. The standard InChI is InChI=1S/C11H14ClIN4S/c1-3-7(18-2)5-15-8(4-9(12)14)11-16-6-10(13)17-11/h3-4,6,14-15H,5H2,1-2H3,(H,16,17)/b7-3-,8-4+,14-9?. The van der Waals surface area contributed by atoms with Gasteiger partial charge in [0.1, 0.15) is 5.17 Å². The second kappa shape index (κ2) is 7.85. The highest BCUT2D eigenvalue weighted by molar-refractivity contribution is 14.1. The third-order valence-electron chi connectivity index (χ3n) is 2.11. The molecular weight excluding hydrogens is 383 g/mol. The first-order valence-corrected chi connectivity index (χ1v) is 7.84. The normalized spacial score (nSPS) is 12.7. The first-order chi connectivity index (χ1) is 8.56. The van der Waals surface area contributed by atoms with E-state index in [0.717, 1.165) is 3.70 Å². The summed E-state index contributed by atoms with van der Waals surface area (Å²) in [5, 5.41) is 10.5. The van der Waals surface area contributed by atoms with Crippen molar-refractivity contribution in [2.75, 3.05) is 12.8 Å². The first-order valence-electron chi connectivity index (χ1n) is 5.16. The second-order valence-corrected chi connectivity index (χ2v) is 5.80. The predicted molar refractivity (Wildman–Crippen MR) is 88.1 cm³/mol. The lowest BCUT2D eigenvalue weighted by Crippen LogP contribution is -2.16. The molecule has 0 unspecified atom stereocenters. The van der Waals surface area contributed by atoms with Crippen molar-refractivity contribution < 1.29 is 0 Å². The van der Waals surface area contributed by atoms with Gasteiger partial charge in [-0.05, 0) is 40.7 Å². The highest BCUT2D eigenvalue weighted by Gasteiger charge is 2.07. The van der Waals surface area contributed by atoms with Crippen LogP contribution in [0.5, 0.6) is 0 Å². The van der Waals surface area contributed by atoms with Crippen LogP contribution < -0.4 is 5.32 Å². The van der Waals surface area contributed by atoms with Crippen molar-refractivity contribution in [3.8, 4) is 0 Å². The molecule has 0 radical (unpaired) electrons. The zero-order valence-corrected chi connectivity index (χ0v) is 13.8. The molecule has 0 saturated carbocycles. The van der Waals surface area contributed by atoms with E-state index in [1.165, 1.54) is 4.91 Å². The van der Waals surface area contributed by atoms with Crippen LogP contribution in [-0.2, 0) is 0 Å². The Bertz CT molecular complexity index is 481. The molecule has 1 aromatic rings. The van der Waals surface area contributed by atoms with Gasteiger partial charge in [-0.3, -0.25) is 5.41 Å². The Morgan fingerprint density at radius 2 is 2.44 bits per heavy atom. The molecule has 18 heavy (non-hydrogen) atoms. The fraction of sp³-hybridized carbons (Fsp3) is 0.273. The summed E-state index contributed by atoms with van der Waals surface area (Å²) < 4.78 is 0.938. The van der Waals surface area contributed by atoms with E-state index in [1.807, 2.05) is 19.3 Å². The SMILES string of the molecule is C/C=C(/CN/C(=C/C(=N)Cl)c1ncc(I)[nH]1)SC. The number of hydrogen-bond acceptors (Lipinski definition) is 4. The van der Waals surface area contributed by atoms with Crippen LogP contribution in [0.15, 0.2) is 23.3 Å². The van der Waals surface area contributed by atoms with Crippen molar-refractivity contribution in [1.82, 2.24) is 15.3 Å². The molecule has 3 N–H and O–H groups in total. The first kappa shape index (κ1) is 15.6. The van der Waals surface area contributed by atoms with E-state index >= 15 is 0 Å². The third kappa shape index (κ3) is 5.03. The highest BCUT2D eigenvalue weighted by Crippen LogP contribution is 2.14. The number of rotatable bonds is 6. The van der Waals surface area contributed by atoms with E-state index in [1.54, 1.807) is 24.0 Å². The lowest BCUT2D eigenvalue weighted by atomic mass is 10.3. The molecule has 0 amide bonds. The predicted octanol–water partition coefficient (Wildman–Crippen LogP) is 3.43. The van der Waals surface area contributed by atoms with E-state index < -0.39 is 0 Å². The number of thioether (sulfide) groups is 1. The van der Waals surface area contributed by atoms with Crippen molar-refractivity contribution in [3.05, 3.63) is 32.8 Å². The van der Waals surface area contributed by atoms with Crippen molar-refractivity contribution in [1.29, 1.82) is 5.41 Å². The lowest BCUT2D eigenvalue weighted by molar-refractivity contribution is 0.972. The molecule has 0 atom stereocenters. The summed E-state index contributed by atoms with van der Waals surface area (Å²) in [6.07, 6.45) is 7.35. The van der Waals surface area contributed by atoms with Crippen LogP contribution in [0.4, 0.5) is 0 Å². The number of halogens is 2. The van der Waals surface area contributed by atoms with Gasteiger partial charge in [-0.1, -0.05) is 17.7 Å². The Morgan fingerprint density at radius 1 is 1.72 bits per heavy atom. The molecule has 1 heterocycles. The Morgan fingerprint density at radius 3 is 2.89 bits per heavy atom. The summed E-state index contributed by atoms with van der Waals surface area (Å²) in [6.45, 7) is 2.68. The van der Waals surface area contributed by atoms with Crippen molar-refractivity contribution in [2.45, 2.75) is 6.92 Å². The van der Waals surface area contributed by atoms with Crippen LogP contribution >= 0.6 is 46.0 Å². The Hall–Kier alpha value is -0.470.